The van der Waals surface area contributed by atoms with Crippen molar-refractivity contribution in [3.05, 3.63) is 88.7 Å². The Hall–Kier alpha value is -4.01. The minimum atomic E-state index is -2.81. The van der Waals surface area contributed by atoms with Gasteiger partial charge in [-0.15, -0.1) is 0 Å². The van der Waals surface area contributed by atoms with Crippen LogP contribution in [0, 0.1) is 18.6 Å². The van der Waals surface area contributed by atoms with Crippen LogP contribution < -0.4 is 10.5 Å². The molecule has 2 N–H and O–H groups in total. The van der Waals surface area contributed by atoms with Crippen LogP contribution in [0.2, 0.25) is 0 Å². The van der Waals surface area contributed by atoms with Gasteiger partial charge in [0.2, 0.25) is 11.8 Å². The number of benzene rings is 2. The Bertz CT molecular complexity index is 1390. The van der Waals surface area contributed by atoms with E-state index in [1.54, 1.807) is 31.2 Å². The van der Waals surface area contributed by atoms with E-state index in [1.807, 2.05) is 13.8 Å². The number of aromatic nitrogens is 3. The van der Waals surface area contributed by atoms with Crippen molar-refractivity contribution in [3.63, 3.8) is 0 Å². The molecule has 0 saturated heterocycles. The van der Waals surface area contributed by atoms with E-state index in [4.69, 9.17) is 10.5 Å². The van der Waals surface area contributed by atoms with E-state index in [0.29, 0.717) is 27.9 Å². The van der Waals surface area contributed by atoms with Gasteiger partial charge in [-0.3, -0.25) is 4.98 Å². The van der Waals surface area contributed by atoms with Crippen LogP contribution in [0.25, 0.3) is 22.4 Å². The van der Waals surface area contributed by atoms with Gasteiger partial charge in [0.25, 0.3) is 6.43 Å². The molecule has 2 aromatic carbocycles. The van der Waals surface area contributed by atoms with Crippen molar-refractivity contribution in [2.45, 2.75) is 39.7 Å². The zero-order chi connectivity index (χ0) is 26.0. The zero-order valence-electron chi connectivity index (χ0n) is 19.9. The summed E-state index contributed by atoms with van der Waals surface area (Å²) in [5.74, 6) is -1.06. The summed E-state index contributed by atoms with van der Waals surface area (Å²) in [5, 5.41) is 0. The molecule has 0 aliphatic carbocycles. The highest BCUT2D eigenvalue weighted by Crippen LogP contribution is 2.39. The summed E-state index contributed by atoms with van der Waals surface area (Å²) in [6.45, 7) is 5.16. The van der Waals surface area contributed by atoms with Crippen LogP contribution >= 0.6 is 0 Å². The van der Waals surface area contributed by atoms with E-state index >= 15 is 4.39 Å². The molecule has 4 aromatic rings. The number of alkyl halides is 2. The maximum atomic E-state index is 15.0. The quantitative estimate of drug-likeness (QED) is 0.279. The number of pyridine rings is 1. The highest BCUT2D eigenvalue weighted by molar-refractivity contribution is 5.85. The van der Waals surface area contributed by atoms with Gasteiger partial charge in [-0.1, -0.05) is 32.0 Å². The fourth-order valence-electron chi connectivity index (χ4n) is 3.89. The van der Waals surface area contributed by atoms with Crippen molar-refractivity contribution in [2.24, 2.45) is 0 Å². The van der Waals surface area contributed by atoms with Gasteiger partial charge in [0.15, 0.2) is 0 Å². The molecule has 0 fully saturated rings. The number of nitrogens with zero attached hydrogens (tertiary/aromatic N) is 3. The maximum Gasteiger partial charge on any atom is 0.280 e. The maximum absolute atomic E-state index is 15.0. The topological polar surface area (TPSA) is 73.9 Å². The summed E-state index contributed by atoms with van der Waals surface area (Å²) in [7, 11) is 0. The van der Waals surface area contributed by atoms with Gasteiger partial charge < -0.3 is 10.5 Å². The molecule has 0 aliphatic heterocycles. The first-order chi connectivity index (χ1) is 17.1. The summed E-state index contributed by atoms with van der Waals surface area (Å²) < 4.78 is 61.7. The van der Waals surface area contributed by atoms with Crippen LogP contribution in [0.4, 0.5) is 23.5 Å². The molecule has 2 heterocycles. The van der Waals surface area contributed by atoms with E-state index in [0.717, 1.165) is 0 Å². The van der Waals surface area contributed by atoms with Crippen LogP contribution in [0.5, 0.6) is 5.88 Å². The molecule has 0 amide bonds. The molecule has 5 nitrogen and oxygen atoms in total. The Labute approximate surface area is 206 Å². The minimum Gasteiger partial charge on any atom is -0.472 e. The largest absolute Gasteiger partial charge is 0.472 e. The molecule has 0 atom stereocenters. The molecule has 4 rings (SSSR count). The molecule has 0 aliphatic rings. The molecule has 36 heavy (non-hydrogen) atoms. The third kappa shape index (κ3) is 5.30. The molecular formula is C27H24F4N4O. The molecule has 0 bridgehead atoms. The average molecular weight is 497 g/mol. The molecule has 0 spiro atoms. The van der Waals surface area contributed by atoms with Crippen LogP contribution in [0.3, 0.4) is 0 Å². The van der Waals surface area contributed by atoms with Gasteiger partial charge in [-0.25, -0.2) is 22.5 Å². The van der Waals surface area contributed by atoms with Crippen molar-refractivity contribution >= 4 is 5.95 Å². The Morgan fingerprint density at radius 3 is 2.31 bits per heavy atom. The molecule has 186 valence electrons. The predicted molar refractivity (Wildman–Crippen MR) is 130 cm³/mol. The summed E-state index contributed by atoms with van der Waals surface area (Å²) >= 11 is 0. The summed E-state index contributed by atoms with van der Waals surface area (Å²) in [6.07, 6.45) is -2.81. The van der Waals surface area contributed by atoms with Gasteiger partial charge >= 0.3 is 0 Å². The monoisotopic (exact) mass is 496 g/mol. The second-order valence-corrected chi connectivity index (χ2v) is 8.60. The number of nitrogens with two attached hydrogens (primary N) is 1. The van der Waals surface area contributed by atoms with E-state index in [1.165, 1.54) is 30.3 Å². The highest BCUT2D eigenvalue weighted by Gasteiger charge is 2.22. The molecule has 0 saturated carbocycles. The Balaban J connectivity index is 1.88. The zero-order valence-corrected chi connectivity index (χ0v) is 19.9. The van der Waals surface area contributed by atoms with Crippen LogP contribution in [-0.2, 0) is 6.61 Å². The van der Waals surface area contributed by atoms with Crippen molar-refractivity contribution in [3.8, 4) is 28.3 Å². The first-order valence-corrected chi connectivity index (χ1v) is 11.2. The minimum absolute atomic E-state index is 0.0259. The van der Waals surface area contributed by atoms with Crippen LogP contribution in [-0.4, -0.2) is 15.0 Å². The number of anilines is 1. The van der Waals surface area contributed by atoms with Gasteiger partial charge in [0.1, 0.15) is 23.9 Å². The lowest BCUT2D eigenvalue weighted by Crippen LogP contribution is -2.08. The Morgan fingerprint density at radius 1 is 0.917 bits per heavy atom. The second kappa shape index (κ2) is 10.3. The molecule has 0 unspecified atom stereocenters. The number of hydrogen-bond acceptors (Lipinski definition) is 5. The number of hydrogen-bond donors (Lipinski definition) is 1. The number of rotatable bonds is 7. The Morgan fingerprint density at radius 2 is 1.64 bits per heavy atom. The number of aryl methyl sites for hydroxylation is 1. The summed E-state index contributed by atoms with van der Waals surface area (Å²) in [5.41, 5.74) is 7.98. The van der Waals surface area contributed by atoms with Crippen molar-refractivity contribution in [2.75, 3.05) is 5.73 Å². The molecule has 0 radical (unpaired) electrons. The lowest BCUT2D eigenvalue weighted by molar-refractivity contribution is 0.146. The lowest BCUT2D eigenvalue weighted by atomic mass is 9.99. The standard InChI is InChI=1S/C27H24F4N4O/c1-14(2)20-6-4-5-17(23(20)29)13-36-26-22(18-11-15(3)33-21(12-18)25(30)31)24(34-27(32)35-26)16-7-9-19(28)10-8-16/h4-12,14,25H,13H2,1-3H3,(H2,32,34,35). The average Bonchev–Trinajstić information content (AvgIpc) is 2.82. The SMILES string of the molecule is Cc1cc(-c2c(OCc3cccc(C(C)C)c3F)nc(N)nc2-c2ccc(F)cc2)cc(C(F)F)n1. The summed E-state index contributed by atoms with van der Waals surface area (Å²) in [4.78, 5) is 12.4. The van der Waals surface area contributed by atoms with Crippen molar-refractivity contribution < 1.29 is 22.3 Å². The van der Waals surface area contributed by atoms with Crippen LogP contribution in [0.1, 0.15) is 48.7 Å². The third-order valence-electron chi connectivity index (χ3n) is 5.59. The first-order valence-electron chi connectivity index (χ1n) is 11.2. The molecule has 2 aromatic heterocycles. The number of halogens is 4. The predicted octanol–water partition coefficient (Wildman–Crippen LogP) is 7.01. The van der Waals surface area contributed by atoms with E-state index < -0.39 is 23.8 Å². The van der Waals surface area contributed by atoms with Crippen molar-refractivity contribution in [1.82, 2.24) is 15.0 Å². The lowest BCUT2D eigenvalue weighted by Gasteiger charge is -2.17. The van der Waals surface area contributed by atoms with Gasteiger partial charge in [-0.05, 0) is 60.4 Å². The van der Waals surface area contributed by atoms with Gasteiger partial charge in [-0.2, -0.15) is 4.98 Å². The fourth-order valence-corrected chi connectivity index (χ4v) is 3.89. The van der Waals surface area contributed by atoms with Crippen molar-refractivity contribution in [1.29, 1.82) is 0 Å². The number of ether oxygens (including phenoxy) is 1. The van der Waals surface area contributed by atoms with E-state index in [2.05, 4.69) is 15.0 Å². The van der Waals surface area contributed by atoms with Gasteiger partial charge in [0.05, 0.1) is 11.3 Å². The number of nitrogen functional groups attached to an aromatic ring is 1. The molecular weight excluding hydrogens is 472 g/mol. The fraction of sp³-hybridized carbons (Fsp3) is 0.222. The van der Waals surface area contributed by atoms with E-state index in [9.17, 15) is 13.2 Å². The second-order valence-electron chi connectivity index (χ2n) is 8.60. The highest BCUT2D eigenvalue weighted by atomic mass is 19.3. The van der Waals surface area contributed by atoms with E-state index in [-0.39, 0.29) is 35.6 Å². The smallest absolute Gasteiger partial charge is 0.280 e. The van der Waals surface area contributed by atoms with Gasteiger partial charge in [0, 0.05) is 16.8 Å². The normalized spacial score (nSPS) is 11.4. The summed E-state index contributed by atoms with van der Waals surface area (Å²) in [6, 6.07) is 13.3. The third-order valence-corrected chi connectivity index (χ3v) is 5.59. The van der Waals surface area contributed by atoms with Crippen LogP contribution in [0.15, 0.2) is 54.6 Å². The first kappa shape index (κ1) is 25.1. The Kier molecular flexibility index (Phi) is 7.19. The molecule has 9 heteroatoms.